The molecule has 0 spiro atoms. The van der Waals surface area contributed by atoms with Crippen LogP contribution in [0.3, 0.4) is 0 Å². The van der Waals surface area contributed by atoms with Crippen LogP contribution in [0.1, 0.15) is 0 Å². The number of para-hydroxylation sites is 4. The number of nitrogens with zero attached hydrogens (tertiary/aromatic N) is 2. The summed E-state index contributed by atoms with van der Waals surface area (Å²) in [5, 5.41) is 5.10. The third-order valence-corrected chi connectivity index (χ3v) is 12.2. The van der Waals surface area contributed by atoms with Gasteiger partial charge in [0, 0.05) is 57.0 Å². The van der Waals surface area contributed by atoms with Gasteiger partial charge in [-0.1, -0.05) is 115 Å². The molecule has 0 radical (unpaired) electrons. The molecule has 2 aromatic heterocycles. The van der Waals surface area contributed by atoms with E-state index in [1.807, 2.05) is 0 Å². The van der Waals surface area contributed by atoms with E-state index in [0.717, 1.165) is 15.8 Å². The van der Waals surface area contributed by atoms with Gasteiger partial charge < -0.3 is 9.13 Å². The highest BCUT2D eigenvalue weighted by atomic mass is 79.9. The summed E-state index contributed by atoms with van der Waals surface area (Å²) in [7, 11) is 0. The second-order valence-corrected chi connectivity index (χ2v) is 14.5. The van der Waals surface area contributed by atoms with Crippen molar-refractivity contribution < 1.29 is 0 Å². The predicted octanol–water partition coefficient (Wildman–Crippen LogP) is 12.9. The first kappa shape index (κ1) is 28.5. The summed E-state index contributed by atoms with van der Waals surface area (Å²) in [6, 6.07) is 58.9. The van der Waals surface area contributed by atoms with Crippen LogP contribution in [-0.2, 0) is 0 Å². The van der Waals surface area contributed by atoms with E-state index in [2.05, 4.69) is 189 Å². The molecule has 47 heavy (non-hydrogen) atoms. The molecule has 9 aromatic rings. The van der Waals surface area contributed by atoms with E-state index in [1.54, 1.807) is 23.5 Å². The molecule has 5 heteroatoms. The van der Waals surface area contributed by atoms with E-state index in [1.165, 1.54) is 63.2 Å². The molecule has 0 aliphatic carbocycles. The molecular formula is C42H27BrN2S2. The Kier molecular flexibility index (Phi) is 7.19. The first-order valence-corrected chi connectivity index (χ1v) is 18.0. The van der Waals surface area contributed by atoms with Gasteiger partial charge >= 0.3 is 0 Å². The van der Waals surface area contributed by atoms with Crippen LogP contribution in [0.15, 0.2) is 188 Å². The number of rotatable bonds is 6. The average Bonchev–Trinajstić information content (AvgIpc) is 3.64. The molecule has 0 aliphatic rings. The Hall–Kier alpha value is -4.68. The summed E-state index contributed by atoms with van der Waals surface area (Å²) in [6.45, 7) is 0. The van der Waals surface area contributed by atoms with Crippen molar-refractivity contribution in [3.8, 4) is 11.4 Å². The van der Waals surface area contributed by atoms with Crippen LogP contribution in [-0.4, -0.2) is 9.13 Å². The fourth-order valence-electron chi connectivity index (χ4n) is 6.68. The topological polar surface area (TPSA) is 9.86 Å². The van der Waals surface area contributed by atoms with Gasteiger partial charge in [-0.25, -0.2) is 0 Å². The van der Waals surface area contributed by atoms with Gasteiger partial charge in [-0.05, 0) is 88.7 Å². The van der Waals surface area contributed by atoms with Crippen LogP contribution >= 0.6 is 39.5 Å². The molecule has 0 bridgehead atoms. The molecule has 0 aliphatic heterocycles. The number of benzene rings is 7. The summed E-state index contributed by atoms with van der Waals surface area (Å²) in [5.41, 5.74) is 7.21. The lowest BCUT2D eigenvalue weighted by Gasteiger charge is -2.13. The lowest BCUT2D eigenvalue weighted by atomic mass is 10.2. The van der Waals surface area contributed by atoms with Crippen molar-refractivity contribution in [2.75, 3.05) is 0 Å². The third kappa shape index (κ3) is 4.97. The SMILES string of the molecule is Brc1c(Sc2cccc(-n3c4ccccc4c4ccccc43)c2)cccc1Sc1cccc(-n2c3ccccc3c3ccccc32)c1. The van der Waals surface area contributed by atoms with Gasteiger partial charge in [-0.2, -0.15) is 0 Å². The summed E-state index contributed by atoms with van der Waals surface area (Å²) < 4.78 is 5.86. The van der Waals surface area contributed by atoms with E-state index in [-0.39, 0.29) is 0 Å². The van der Waals surface area contributed by atoms with Crippen molar-refractivity contribution in [2.24, 2.45) is 0 Å². The second-order valence-electron chi connectivity index (χ2n) is 11.5. The van der Waals surface area contributed by atoms with Crippen molar-refractivity contribution in [3.05, 3.63) is 168 Å². The smallest absolute Gasteiger partial charge is 0.0541 e. The Morgan fingerprint density at radius 3 is 1.09 bits per heavy atom. The van der Waals surface area contributed by atoms with Gasteiger partial charge in [0.05, 0.1) is 22.1 Å². The molecule has 224 valence electrons. The lowest BCUT2D eigenvalue weighted by molar-refractivity contribution is 1.16. The normalized spacial score (nSPS) is 11.7. The zero-order chi connectivity index (χ0) is 31.3. The van der Waals surface area contributed by atoms with Crippen molar-refractivity contribution in [1.29, 1.82) is 0 Å². The van der Waals surface area contributed by atoms with Crippen LogP contribution in [0.5, 0.6) is 0 Å². The molecule has 0 atom stereocenters. The van der Waals surface area contributed by atoms with Gasteiger partial charge in [0.25, 0.3) is 0 Å². The highest BCUT2D eigenvalue weighted by molar-refractivity contribution is 9.10. The van der Waals surface area contributed by atoms with E-state index in [4.69, 9.17) is 0 Å². The molecular weight excluding hydrogens is 677 g/mol. The minimum atomic E-state index is 1.11. The number of fused-ring (bicyclic) bond motifs is 6. The van der Waals surface area contributed by atoms with Crippen LogP contribution in [0.25, 0.3) is 55.0 Å². The molecule has 2 heterocycles. The Bertz CT molecular complexity index is 2330. The number of hydrogen-bond donors (Lipinski definition) is 0. The first-order valence-electron chi connectivity index (χ1n) is 15.5. The van der Waals surface area contributed by atoms with Crippen molar-refractivity contribution >= 4 is 83.1 Å². The number of halogens is 1. The zero-order valence-electron chi connectivity index (χ0n) is 25.2. The van der Waals surface area contributed by atoms with Gasteiger partial charge in [-0.3, -0.25) is 0 Å². The number of aromatic nitrogens is 2. The molecule has 9 rings (SSSR count). The largest absolute Gasteiger partial charge is 0.309 e. The molecule has 7 aromatic carbocycles. The Morgan fingerprint density at radius 1 is 0.362 bits per heavy atom. The summed E-state index contributed by atoms with van der Waals surface area (Å²) in [4.78, 5) is 4.77. The molecule has 0 N–H and O–H groups in total. The fourth-order valence-corrected chi connectivity index (χ4v) is 9.34. The average molecular weight is 704 g/mol. The molecule has 0 fully saturated rings. The van der Waals surface area contributed by atoms with Crippen LogP contribution in [0.2, 0.25) is 0 Å². The second kappa shape index (κ2) is 11.8. The van der Waals surface area contributed by atoms with Crippen molar-refractivity contribution in [3.63, 3.8) is 0 Å². The van der Waals surface area contributed by atoms with Gasteiger partial charge in [0.2, 0.25) is 0 Å². The first-order chi connectivity index (χ1) is 23.2. The Morgan fingerprint density at radius 2 is 0.702 bits per heavy atom. The van der Waals surface area contributed by atoms with Crippen molar-refractivity contribution in [1.82, 2.24) is 9.13 Å². The molecule has 2 nitrogen and oxygen atoms in total. The molecule has 0 unspecified atom stereocenters. The minimum absolute atomic E-state index is 1.11. The highest BCUT2D eigenvalue weighted by Crippen LogP contribution is 2.43. The molecule has 0 amide bonds. The maximum absolute atomic E-state index is 3.99. The monoisotopic (exact) mass is 702 g/mol. The van der Waals surface area contributed by atoms with Crippen LogP contribution < -0.4 is 0 Å². The fraction of sp³-hybridized carbons (Fsp3) is 0. The molecule has 0 saturated heterocycles. The van der Waals surface area contributed by atoms with E-state index < -0.39 is 0 Å². The van der Waals surface area contributed by atoms with E-state index >= 15 is 0 Å². The van der Waals surface area contributed by atoms with Gasteiger partial charge in [0.15, 0.2) is 0 Å². The van der Waals surface area contributed by atoms with Crippen LogP contribution in [0, 0.1) is 0 Å². The van der Waals surface area contributed by atoms with Crippen LogP contribution in [0.4, 0.5) is 0 Å². The lowest BCUT2D eigenvalue weighted by Crippen LogP contribution is -1.94. The summed E-state index contributed by atoms with van der Waals surface area (Å²) >= 11 is 7.56. The van der Waals surface area contributed by atoms with Gasteiger partial charge in [0.1, 0.15) is 0 Å². The third-order valence-electron chi connectivity index (χ3n) is 8.70. The predicted molar refractivity (Wildman–Crippen MR) is 204 cm³/mol. The maximum atomic E-state index is 3.99. The summed E-state index contributed by atoms with van der Waals surface area (Å²) in [6.07, 6.45) is 0. The van der Waals surface area contributed by atoms with Crippen molar-refractivity contribution in [2.45, 2.75) is 19.6 Å². The zero-order valence-corrected chi connectivity index (χ0v) is 28.4. The Labute approximate surface area is 289 Å². The Balaban J connectivity index is 1.04. The van der Waals surface area contributed by atoms with E-state index in [0.29, 0.717) is 0 Å². The number of hydrogen-bond acceptors (Lipinski definition) is 2. The standard InChI is InChI=1S/C42H27BrN2S2/c43-42-40(46-30-14-9-12-28(26-30)44-36-20-5-1-16-32(36)33-17-2-6-21-37(33)44)24-11-25-41(42)47-31-15-10-13-29(27-31)45-38-22-7-3-18-34(38)35-19-4-8-23-39(35)45/h1-27H. The molecule has 0 saturated carbocycles. The van der Waals surface area contributed by atoms with Gasteiger partial charge in [-0.15, -0.1) is 0 Å². The van der Waals surface area contributed by atoms with E-state index in [9.17, 15) is 0 Å². The quantitative estimate of drug-likeness (QED) is 0.171. The highest BCUT2D eigenvalue weighted by Gasteiger charge is 2.15. The summed E-state index contributed by atoms with van der Waals surface area (Å²) in [5.74, 6) is 0. The maximum Gasteiger partial charge on any atom is 0.0541 e. The minimum Gasteiger partial charge on any atom is -0.309 e.